The van der Waals surface area contributed by atoms with Gasteiger partial charge in [-0.25, -0.2) is 13.5 Å². The molecule has 0 spiro atoms. The summed E-state index contributed by atoms with van der Waals surface area (Å²) in [4.78, 5) is 3.93. The van der Waals surface area contributed by atoms with Crippen LogP contribution in [-0.4, -0.2) is 25.6 Å². The zero-order valence-corrected chi connectivity index (χ0v) is 10.9. The molecule has 1 aliphatic rings. The molecule has 2 aromatic rings. The maximum absolute atomic E-state index is 13.9. The highest BCUT2D eigenvalue weighted by atomic mass is 32.2. The Bertz CT molecular complexity index is 617. The standard InChI is InChI=1S/C12H11F2N3OS/c1-19(18)12-15-11-9(14)6-10(17(11)16-12)7-4-2-3-5-8(7)13/h2-5,9-10H,6H2,1H3/t9-,10-,19-/m0/s1. The maximum Gasteiger partial charge on any atom is 0.361 e. The number of halogens is 2. The van der Waals surface area contributed by atoms with E-state index in [2.05, 4.69) is 10.1 Å². The SMILES string of the molecule is C[S@+]([O-])c1nc2n(n1)[C@H](c1ccccc1F)C[C@@H]2F. The van der Waals surface area contributed by atoms with Crippen molar-refractivity contribution in [1.29, 1.82) is 0 Å². The summed E-state index contributed by atoms with van der Waals surface area (Å²) < 4.78 is 40.4. The van der Waals surface area contributed by atoms with Crippen molar-refractivity contribution in [2.24, 2.45) is 0 Å². The molecule has 0 N–H and O–H groups in total. The highest BCUT2D eigenvalue weighted by Gasteiger charge is 2.38. The lowest BCUT2D eigenvalue weighted by Crippen LogP contribution is -2.10. The number of aromatic nitrogens is 3. The third kappa shape index (κ3) is 2.02. The van der Waals surface area contributed by atoms with Crippen molar-refractivity contribution in [1.82, 2.24) is 14.8 Å². The Hall–Kier alpha value is -1.47. The Morgan fingerprint density at radius 3 is 2.84 bits per heavy atom. The van der Waals surface area contributed by atoms with E-state index in [9.17, 15) is 13.3 Å². The molecule has 7 heteroatoms. The highest BCUT2D eigenvalue weighted by molar-refractivity contribution is 7.90. The lowest BCUT2D eigenvalue weighted by Gasteiger charge is -2.12. The first kappa shape index (κ1) is 12.6. The van der Waals surface area contributed by atoms with Crippen LogP contribution in [0.25, 0.3) is 0 Å². The third-order valence-corrected chi connectivity index (χ3v) is 3.85. The van der Waals surface area contributed by atoms with Gasteiger partial charge >= 0.3 is 5.16 Å². The van der Waals surface area contributed by atoms with Crippen LogP contribution in [0.3, 0.4) is 0 Å². The summed E-state index contributed by atoms with van der Waals surface area (Å²) in [5.41, 5.74) is 0.377. The van der Waals surface area contributed by atoms with Crippen LogP contribution in [0.1, 0.15) is 30.0 Å². The molecule has 100 valence electrons. The normalized spacial score (nSPS) is 23.4. The van der Waals surface area contributed by atoms with E-state index in [0.717, 1.165) is 0 Å². The van der Waals surface area contributed by atoms with E-state index in [1.54, 1.807) is 18.2 Å². The molecule has 2 heterocycles. The minimum Gasteiger partial charge on any atom is -0.609 e. The molecule has 0 amide bonds. The molecule has 1 aromatic heterocycles. The van der Waals surface area contributed by atoms with Crippen LogP contribution in [0.15, 0.2) is 29.4 Å². The monoisotopic (exact) mass is 283 g/mol. The van der Waals surface area contributed by atoms with Crippen molar-refractivity contribution in [2.45, 2.75) is 23.8 Å². The number of hydrogen-bond donors (Lipinski definition) is 0. The van der Waals surface area contributed by atoms with Gasteiger partial charge in [0.05, 0.1) is 6.04 Å². The summed E-state index contributed by atoms with van der Waals surface area (Å²) in [6, 6.07) is 5.67. The molecule has 0 saturated heterocycles. The molecule has 0 fully saturated rings. The summed E-state index contributed by atoms with van der Waals surface area (Å²) in [5, 5.41) is 4.12. The second kappa shape index (κ2) is 4.57. The highest BCUT2D eigenvalue weighted by Crippen LogP contribution is 2.40. The fourth-order valence-electron chi connectivity index (χ4n) is 2.28. The number of alkyl halides is 1. The lowest BCUT2D eigenvalue weighted by atomic mass is 10.0. The van der Waals surface area contributed by atoms with Gasteiger partial charge < -0.3 is 4.55 Å². The first-order valence-corrected chi connectivity index (χ1v) is 7.32. The van der Waals surface area contributed by atoms with Gasteiger partial charge in [-0.15, -0.1) is 5.10 Å². The topological polar surface area (TPSA) is 53.8 Å². The number of fused-ring (bicyclic) bond motifs is 1. The first-order chi connectivity index (χ1) is 9.08. The number of benzene rings is 1. The molecule has 0 aliphatic carbocycles. The maximum atomic E-state index is 13.9. The Morgan fingerprint density at radius 1 is 1.42 bits per heavy atom. The molecule has 0 bridgehead atoms. The summed E-state index contributed by atoms with van der Waals surface area (Å²) in [6.07, 6.45) is 0.220. The molecular formula is C12H11F2N3OS. The molecule has 0 saturated carbocycles. The largest absolute Gasteiger partial charge is 0.609 e. The van der Waals surface area contributed by atoms with E-state index in [1.807, 2.05) is 0 Å². The minimum atomic E-state index is -1.38. The molecular weight excluding hydrogens is 272 g/mol. The summed E-state index contributed by atoms with van der Waals surface area (Å²) in [6.45, 7) is 0. The van der Waals surface area contributed by atoms with Gasteiger partial charge in [-0.3, -0.25) is 0 Å². The van der Waals surface area contributed by atoms with Crippen molar-refractivity contribution in [3.05, 3.63) is 41.5 Å². The molecule has 0 unspecified atom stereocenters. The Labute approximate surface area is 111 Å². The second-order valence-corrected chi connectivity index (χ2v) is 5.67. The molecule has 19 heavy (non-hydrogen) atoms. The molecule has 0 radical (unpaired) electrons. The van der Waals surface area contributed by atoms with Crippen molar-refractivity contribution in [3.63, 3.8) is 0 Å². The van der Waals surface area contributed by atoms with Crippen molar-refractivity contribution < 1.29 is 13.3 Å². The molecule has 3 atom stereocenters. The van der Waals surface area contributed by atoms with E-state index in [4.69, 9.17) is 0 Å². The summed E-state index contributed by atoms with van der Waals surface area (Å²) in [7, 11) is 0. The average molecular weight is 283 g/mol. The second-order valence-electron chi connectivity index (χ2n) is 4.39. The minimum absolute atomic E-state index is 0.0821. The van der Waals surface area contributed by atoms with Crippen LogP contribution in [0.4, 0.5) is 8.78 Å². The fraction of sp³-hybridized carbons (Fsp3) is 0.333. The van der Waals surface area contributed by atoms with Crippen molar-refractivity contribution in [2.75, 3.05) is 6.26 Å². The predicted molar refractivity (Wildman–Crippen MR) is 65.4 cm³/mol. The van der Waals surface area contributed by atoms with E-state index in [-0.39, 0.29) is 17.4 Å². The van der Waals surface area contributed by atoms with Gasteiger partial charge in [0, 0.05) is 23.2 Å². The Morgan fingerprint density at radius 2 is 2.16 bits per heavy atom. The van der Waals surface area contributed by atoms with Gasteiger partial charge in [-0.05, 0) is 6.07 Å². The van der Waals surface area contributed by atoms with Crippen molar-refractivity contribution >= 4 is 11.2 Å². The Balaban J connectivity index is 2.06. The average Bonchev–Trinajstić information content (AvgIpc) is 2.92. The molecule has 1 aromatic carbocycles. The smallest absolute Gasteiger partial charge is 0.361 e. The number of hydrogen-bond acceptors (Lipinski definition) is 3. The first-order valence-electron chi connectivity index (χ1n) is 5.76. The van der Waals surface area contributed by atoms with Crippen LogP contribution in [-0.2, 0) is 11.2 Å². The molecule has 1 aliphatic heterocycles. The van der Waals surface area contributed by atoms with Crippen LogP contribution in [0.5, 0.6) is 0 Å². The quantitative estimate of drug-likeness (QED) is 0.794. The van der Waals surface area contributed by atoms with Crippen LogP contribution >= 0.6 is 0 Å². The zero-order valence-electron chi connectivity index (χ0n) is 10.1. The van der Waals surface area contributed by atoms with E-state index >= 15 is 0 Å². The van der Waals surface area contributed by atoms with E-state index in [1.165, 1.54) is 17.0 Å². The lowest BCUT2D eigenvalue weighted by molar-refractivity contribution is 0.325. The van der Waals surface area contributed by atoms with Crippen LogP contribution in [0, 0.1) is 5.82 Å². The van der Waals surface area contributed by atoms with Crippen molar-refractivity contribution in [3.8, 4) is 0 Å². The van der Waals surface area contributed by atoms with E-state index < -0.39 is 29.2 Å². The van der Waals surface area contributed by atoms with Gasteiger partial charge in [0.15, 0.2) is 12.0 Å². The van der Waals surface area contributed by atoms with Gasteiger partial charge in [-0.2, -0.15) is 4.98 Å². The van der Waals surface area contributed by atoms with Gasteiger partial charge in [0.25, 0.3) is 0 Å². The number of nitrogens with zero attached hydrogens (tertiary/aromatic N) is 3. The van der Waals surface area contributed by atoms with Gasteiger partial charge in [0.1, 0.15) is 12.1 Å². The van der Waals surface area contributed by atoms with Gasteiger partial charge in [0.2, 0.25) is 0 Å². The number of rotatable bonds is 2. The van der Waals surface area contributed by atoms with E-state index in [0.29, 0.717) is 5.56 Å². The van der Waals surface area contributed by atoms with Crippen LogP contribution < -0.4 is 0 Å². The van der Waals surface area contributed by atoms with Crippen LogP contribution in [0.2, 0.25) is 0 Å². The molecule has 4 nitrogen and oxygen atoms in total. The Kier molecular flexibility index (Phi) is 3.02. The molecule has 3 rings (SSSR count). The predicted octanol–water partition coefficient (Wildman–Crippen LogP) is 2.16. The third-order valence-electron chi connectivity index (χ3n) is 3.17. The fourth-order valence-corrected chi connectivity index (χ4v) is 2.71. The summed E-state index contributed by atoms with van der Waals surface area (Å²) >= 11 is -1.38. The summed E-state index contributed by atoms with van der Waals surface area (Å²) in [5.74, 6) is -0.277. The van der Waals surface area contributed by atoms with Gasteiger partial charge in [-0.1, -0.05) is 18.2 Å². The zero-order chi connectivity index (χ0) is 13.6.